The molecule has 1 unspecified atom stereocenters. The number of nitrogens with zero attached hydrogens (tertiary/aromatic N) is 2. The van der Waals surface area contributed by atoms with Crippen molar-refractivity contribution < 1.29 is 4.52 Å². The standard InChI is InChI=1S/C11H19N3O/c1-4-5-12-7-9-13-10(14-15-9)8-6-11(8,2)3/h8,12H,4-7H2,1-3H3. The largest absolute Gasteiger partial charge is 0.338 e. The highest BCUT2D eigenvalue weighted by Crippen LogP contribution is 2.57. The third-order valence-electron chi connectivity index (χ3n) is 3.01. The lowest BCUT2D eigenvalue weighted by atomic mass is 10.1. The maximum Gasteiger partial charge on any atom is 0.240 e. The average Bonchev–Trinajstić information content (AvgIpc) is 2.64. The Kier molecular flexibility index (Phi) is 2.78. The van der Waals surface area contributed by atoms with E-state index in [4.69, 9.17) is 4.52 Å². The zero-order valence-corrected chi connectivity index (χ0v) is 9.71. The first kappa shape index (κ1) is 10.6. The average molecular weight is 209 g/mol. The van der Waals surface area contributed by atoms with Gasteiger partial charge in [-0.2, -0.15) is 4.98 Å². The van der Waals surface area contributed by atoms with E-state index in [-0.39, 0.29) is 0 Å². The normalized spacial score (nSPS) is 23.0. The van der Waals surface area contributed by atoms with Gasteiger partial charge < -0.3 is 9.84 Å². The summed E-state index contributed by atoms with van der Waals surface area (Å²) in [6.07, 6.45) is 2.30. The van der Waals surface area contributed by atoms with E-state index in [1.54, 1.807) is 0 Å². The Balaban J connectivity index is 1.88. The van der Waals surface area contributed by atoms with Crippen molar-refractivity contribution in [2.75, 3.05) is 6.54 Å². The molecule has 0 amide bonds. The van der Waals surface area contributed by atoms with Crippen LogP contribution in [-0.2, 0) is 6.54 Å². The van der Waals surface area contributed by atoms with Gasteiger partial charge in [0.15, 0.2) is 5.82 Å². The summed E-state index contributed by atoms with van der Waals surface area (Å²) in [6, 6.07) is 0. The molecule has 0 radical (unpaired) electrons. The third kappa shape index (κ3) is 2.37. The molecule has 15 heavy (non-hydrogen) atoms. The maximum atomic E-state index is 5.18. The van der Waals surface area contributed by atoms with Crippen LogP contribution in [0.4, 0.5) is 0 Å². The molecule has 4 heteroatoms. The first-order valence-corrected chi connectivity index (χ1v) is 5.66. The molecule has 1 aromatic heterocycles. The summed E-state index contributed by atoms with van der Waals surface area (Å²) in [5, 5.41) is 7.27. The lowest BCUT2D eigenvalue weighted by Gasteiger charge is -1.96. The SMILES string of the molecule is CCCNCc1nc(C2CC2(C)C)no1. The van der Waals surface area contributed by atoms with Gasteiger partial charge in [-0.15, -0.1) is 0 Å². The molecule has 2 rings (SSSR count). The Morgan fingerprint density at radius 3 is 2.87 bits per heavy atom. The van der Waals surface area contributed by atoms with Crippen molar-refractivity contribution in [3.8, 4) is 0 Å². The molecule has 0 aliphatic heterocycles. The van der Waals surface area contributed by atoms with E-state index in [0.29, 0.717) is 23.8 Å². The van der Waals surface area contributed by atoms with E-state index >= 15 is 0 Å². The predicted octanol–water partition coefficient (Wildman–Crippen LogP) is 2.08. The summed E-state index contributed by atoms with van der Waals surface area (Å²) < 4.78 is 5.18. The van der Waals surface area contributed by atoms with Crippen LogP contribution in [0.1, 0.15) is 51.2 Å². The highest BCUT2D eigenvalue weighted by atomic mass is 16.5. The molecular formula is C11H19N3O. The van der Waals surface area contributed by atoms with Gasteiger partial charge in [-0.05, 0) is 24.8 Å². The van der Waals surface area contributed by atoms with Crippen LogP contribution in [0.15, 0.2) is 4.52 Å². The van der Waals surface area contributed by atoms with E-state index in [9.17, 15) is 0 Å². The predicted molar refractivity (Wildman–Crippen MR) is 57.4 cm³/mol. The van der Waals surface area contributed by atoms with Gasteiger partial charge in [0, 0.05) is 5.92 Å². The minimum atomic E-state index is 0.373. The smallest absolute Gasteiger partial charge is 0.240 e. The number of hydrogen-bond donors (Lipinski definition) is 1. The summed E-state index contributed by atoms with van der Waals surface area (Å²) in [4.78, 5) is 4.40. The first-order valence-electron chi connectivity index (χ1n) is 5.66. The Bertz CT molecular complexity index is 332. The molecule has 0 aromatic carbocycles. The van der Waals surface area contributed by atoms with E-state index in [0.717, 1.165) is 18.8 Å². The van der Waals surface area contributed by atoms with Gasteiger partial charge in [0.2, 0.25) is 5.89 Å². The van der Waals surface area contributed by atoms with Crippen molar-refractivity contribution in [3.63, 3.8) is 0 Å². The van der Waals surface area contributed by atoms with E-state index in [2.05, 4.69) is 36.2 Å². The Morgan fingerprint density at radius 1 is 1.53 bits per heavy atom. The summed E-state index contributed by atoms with van der Waals surface area (Å²) in [5.41, 5.74) is 0.373. The molecule has 1 atom stereocenters. The summed E-state index contributed by atoms with van der Waals surface area (Å²) in [6.45, 7) is 8.30. The molecule has 0 spiro atoms. The summed E-state index contributed by atoms with van der Waals surface area (Å²) >= 11 is 0. The van der Waals surface area contributed by atoms with Crippen LogP contribution in [0.3, 0.4) is 0 Å². The van der Waals surface area contributed by atoms with Crippen molar-refractivity contribution in [1.82, 2.24) is 15.5 Å². The molecule has 0 bridgehead atoms. The van der Waals surface area contributed by atoms with Crippen molar-refractivity contribution in [2.24, 2.45) is 5.41 Å². The first-order chi connectivity index (χ1) is 7.13. The van der Waals surface area contributed by atoms with Gasteiger partial charge in [0.25, 0.3) is 0 Å². The fraction of sp³-hybridized carbons (Fsp3) is 0.818. The Morgan fingerprint density at radius 2 is 2.27 bits per heavy atom. The Labute approximate surface area is 90.4 Å². The summed E-state index contributed by atoms with van der Waals surface area (Å²) in [5.74, 6) is 2.09. The second kappa shape index (κ2) is 3.93. The van der Waals surface area contributed by atoms with Crippen LogP contribution >= 0.6 is 0 Å². The van der Waals surface area contributed by atoms with Crippen LogP contribution in [0.25, 0.3) is 0 Å². The zero-order valence-electron chi connectivity index (χ0n) is 9.71. The zero-order chi connectivity index (χ0) is 10.9. The molecule has 1 heterocycles. The van der Waals surface area contributed by atoms with Crippen LogP contribution < -0.4 is 5.32 Å². The molecule has 1 saturated carbocycles. The lowest BCUT2D eigenvalue weighted by Crippen LogP contribution is -2.13. The molecular weight excluding hydrogens is 190 g/mol. The van der Waals surface area contributed by atoms with Crippen molar-refractivity contribution in [1.29, 1.82) is 0 Å². The van der Waals surface area contributed by atoms with Crippen molar-refractivity contribution in [2.45, 2.75) is 46.1 Å². The van der Waals surface area contributed by atoms with E-state index in [1.807, 2.05) is 0 Å². The number of rotatable bonds is 5. The minimum Gasteiger partial charge on any atom is -0.338 e. The van der Waals surface area contributed by atoms with Crippen molar-refractivity contribution >= 4 is 0 Å². The van der Waals surface area contributed by atoms with Crippen molar-refractivity contribution in [3.05, 3.63) is 11.7 Å². The van der Waals surface area contributed by atoms with Gasteiger partial charge in [-0.3, -0.25) is 0 Å². The van der Waals surface area contributed by atoms with E-state index < -0.39 is 0 Å². The van der Waals surface area contributed by atoms with Gasteiger partial charge in [0.05, 0.1) is 6.54 Å². The lowest BCUT2D eigenvalue weighted by molar-refractivity contribution is 0.362. The van der Waals surface area contributed by atoms with Gasteiger partial charge in [-0.1, -0.05) is 25.9 Å². The molecule has 1 aromatic rings. The minimum absolute atomic E-state index is 0.373. The fourth-order valence-electron chi connectivity index (χ4n) is 1.76. The second-order valence-electron chi connectivity index (χ2n) is 4.97. The monoisotopic (exact) mass is 209 g/mol. The van der Waals surface area contributed by atoms with Gasteiger partial charge in [-0.25, -0.2) is 0 Å². The fourth-order valence-corrected chi connectivity index (χ4v) is 1.76. The molecule has 0 saturated heterocycles. The molecule has 1 fully saturated rings. The number of nitrogens with one attached hydrogen (secondary N) is 1. The van der Waals surface area contributed by atoms with Crippen LogP contribution in [0.2, 0.25) is 0 Å². The summed E-state index contributed by atoms with van der Waals surface area (Å²) in [7, 11) is 0. The van der Waals surface area contributed by atoms with E-state index in [1.165, 1.54) is 6.42 Å². The topological polar surface area (TPSA) is 51.0 Å². The van der Waals surface area contributed by atoms with Gasteiger partial charge in [0.1, 0.15) is 0 Å². The van der Waals surface area contributed by atoms with Gasteiger partial charge >= 0.3 is 0 Å². The van der Waals surface area contributed by atoms with Crippen LogP contribution in [-0.4, -0.2) is 16.7 Å². The molecule has 1 aliphatic carbocycles. The quantitative estimate of drug-likeness (QED) is 0.754. The molecule has 1 N–H and O–H groups in total. The molecule has 4 nitrogen and oxygen atoms in total. The maximum absolute atomic E-state index is 5.18. The number of hydrogen-bond acceptors (Lipinski definition) is 4. The molecule has 84 valence electrons. The van der Waals surface area contributed by atoms with Crippen LogP contribution in [0, 0.1) is 5.41 Å². The second-order valence-corrected chi connectivity index (χ2v) is 4.97. The highest BCUT2D eigenvalue weighted by Gasteiger charge is 2.49. The highest BCUT2D eigenvalue weighted by molar-refractivity contribution is 5.14. The Hall–Kier alpha value is -0.900. The van der Waals surface area contributed by atoms with Crippen LogP contribution in [0.5, 0.6) is 0 Å². The third-order valence-corrected chi connectivity index (χ3v) is 3.01. The number of aromatic nitrogens is 2. The molecule has 1 aliphatic rings.